The van der Waals surface area contributed by atoms with E-state index >= 15 is 0 Å². The quantitative estimate of drug-likeness (QED) is 0.710. The van der Waals surface area contributed by atoms with Gasteiger partial charge in [0, 0.05) is 32.7 Å². The van der Waals surface area contributed by atoms with Crippen molar-refractivity contribution in [1.29, 1.82) is 0 Å². The Morgan fingerprint density at radius 3 is 2.53 bits per heavy atom. The Labute approximate surface area is 176 Å². The van der Waals surface area contributed by atoms with Crippen molar-refractivity contribution in [3.63, 3.8) is 0 Å². The van der Waals surface area contributed by atoms with Crippen LogP contribution in [0.2, 0.25) is 0 Å². The van der Waals surface area contributed by atoms with Gasteiger partial charge in [0.05, 0.1) is 11.3 Å². The van der Waals surface area contributed by atoms with Crippen LogP contribution in [0.5, 0.6) is 0 Å². The molecule has 1 aliphatic rings. The minimum atomic E-state index is -0.477. The summed E-state index contributed by atoms with van der Waals surface area (Å²) in [6, 6.07) is 7.20. The lowest BCUT2D eigenvalue weighted by atomic mass is 10.1. The first-order chi connectivity index (χ1) is 14.3. The van der Waals surface area contributed by atoms with Crippen molar-refractivity contribution in [3.8, 4) is 5.69 Å². The molecule has 2 heterocycles. The zero-order valence-electron chi connectivity index (χ0n) is 17.7. The molecule has 2 aromatic rings. The molecule has 1 saturated heterocycles. The fourth-order valence-corrected chi connectivity index (χ4v) is 3.22. The largest absolute Gasteiger partial charge is 0.444 e. The van der Waals surface area contributed by atoms with Crippen LogP contribution in [0.25, 0.3) is 5.69 Å². The second-order valence-corrected chi connectivity index (χ2v) is 8.19. The van der Waals surface area contributed by atoms with Crippen LogP contribution in [0.3, 0.4) is 0 Å². The zero-order valence-corrected chi connectivity index (χ0v) is 17.7. The molecule has 30 heavy (non-hydrogen) atoms. The first-order valence-electron chi connectivity index (χ1n) is 10.1. The molecule has 0 radical (unpaired) electrons. The van der Waals surface area contributed by atoms with E-state index in [1.54, 1.807) is 17.0 Å². The third kappa shape index (κ3) is 5.99. The molecule has 0 atom stereocenters. The van der Waals surface area contributed by atoms with E-state index in [4.69, 9.17) is 4.74 Å². The molecule has 0 bridgehead atoms. The number of rotatable bonds is 6. The maximum Gasteiger partial charge on any atom is 0.410 e. The summed E-state index contributed by atoms with van der Waals surface area (Å²) in [6.45, 7) is 9.95. The molecule has 1 aromatic carbocycles. The molecule has 1 aliphatic heterocycles. The molecule has 0 unspecified atom stereocenters. The SMILES string of the molecule is CC(C)(C)OC(=O)N1CCN(CCCNC(=O)c2ccccc2-n2cnnn2)CC1. The van der Waals surface area contributed by atoms with E-state index < -0.39 is 5.60 Å². The third-order valence-corrected chi connectivity index (χ3v) is 4.71. The molecule has 1 fully saturated rings. The van der Waals surface area contributed by atoms with E-state index in [0.29, 0.717) is 30.9 Å². The lowest BCUT2D eigenvalue weighted by Crippen LogP contribution is -2.50. The fourth-order valence-electron chi connectivity index (χ4n) is 3.22. The maximum absolute atomic E-state index is 12.6. The molecule has 162 valence electrons. The zero-order chi connectivity index (χ0) is 21.6. The van der Waals surface area contributed by atoms with Gasteiger partial charge in [0.15, 0.2) is 0 Å². The van der Waals surface area contributed by atoms with Gasteiger partial charge in [-0.3, -0.25) is 9.69 Å². The van der Waals surface area contributed by atoms with Crippen molar-refractivity contribution < 1.29 is 14.3 Å². The van der Waals surface area contributed by atoms with E-state index in [1.807, 2.05) is 32.9 Å². The molecular weight excluding hydrogens is 386 g/mol. The molecule has 0 saturated carbocycles. The number of amides is 2. The Kier molecular flexibility index (Phi) is 6.99. The van der Waals surface area contributed by atoms with Gasteiger partial charge in [-0.1, -0.05) is 12.1 Å². The van der Waals surface area contributed by atoms with E-state index in [1.165, 1.54) is 11.0 Å². The highest BCUT2D eigenvalue weighted by Gasteiger charge is 2.25. The van der Waals surface area contributed by atoms with Crippen LogP contribution in [0.1, 0.15) is 37.6 Å². The number of ether oxygens (including phenoxy) is 1. The molecule has 0 spiro atoms. The van der Waals surface area contributed by atoms with Crippen LogP contribution in [0.15, 0.2) is 30.6 Å². The summed E-state index contributed by atoms with van der Waals surface area (Å²) in [6.07, 6.45) is 2.03. The predicted molar refractivity (Wildman–Crippen MR) is 110 cm³/mol. The molecule has 1 aromatic heterocycles. The van der Waals surface area contributed by atoms with Crippen LogP contribution in [0.4, 0.5) is 4.79 Å². The van der Waals surface area contributed by atoms with Crippen LogP contribution >= 0.6 is 0 Å². The number of para-hydroxylation sites is 1. The number of tetrazole rings is 1. The van der Waals surface area contributed by atoms with Gasteiger partial charge in [0.1, 0.15) is 11.9 Å². The smallest absolute Gasteiger partial charge is 0.410 e. The van der Waals surface area contributed by atoms with Gasteiger partial charge in [-0.2, -0.15) is 4.68 Å². The summed E-state index contributed by atoms with van der Waals surface area (Å²) in [7, 11) is 0. The van der Waals surface area contributed by atoms with Gasteiger partial charge >= 0.3 is 6.09 Å². The average Bonchev–Trinajstić information content (AvgIpc) is 3.25. The fraction of sp³-hybridized carbons (Fsp3) is 0.550. The van der Waals surface area contributed by atoms with Gasteiger partial charge < -0.3 is 15.0 Å². The highest BCUT2D eigenvalue weighted by atomic mass is 16.6. The van der Waals surface area contributed by atoms with Crippen molar-refractivity contribution >= 4 is 12.0 Å². The molecule has 3 rings (SSSR count). The van der Waals surface area contributed by atoms with E-state index in [9.17, 15) is 9.59 Å². The van der Waals surface area contributed by atoms with Gasteiger partial charge in [0.2, 0.25) is 0 Å². The maximum atomic E-state index is 12.6. The summed E-state index contributed by atoms with van der Waals surface area (Å²) >= 11 is 0. The Morgan fingerprint density at radius 1 is 1.13 bits per heavy atom. The minimum Gasteiger partial charge on any atom is -0.444 e. The monoisotopic (exact) mass is 415 g/mol. The molecular formula is C20H29N7O3. The number of piperazine rings is 1. The van der Waals surface area contributed by atoms with Crippen LogP contribution < -0.4 is 5.32 Å². The number of aromatic nitrogens is 4. The van der Waals surface area contributed by atoms with E-state index in [2.05, 4.69) is 25.7 Å². The standard InChI is InChI=1S/C20H29N7O3/c1-20(2,3)30-19(29)26-13-11-25(12-14-26)10-6-9-21-18(28)16-7-4-5-8-17(16)27-15-22-23-24-27/h4-5,7-8,15H,6,9-14H2,1-3H3,(H,21,28). The second-order valence-electron chi connectivity index (χ2n) is 8.19. The second kappa shape index (κ2) is 9.66. The van der Waals surface area contributed by atoms with Gasteiger partial charge in [-0.15, -0.1) is 5.10 Å². The Morgan fingerprint density at radius 2 is 1.87 bits per heavy atom. The van der Waals surface area contributed by atoms with Crippen molar-refractivity contribution in [2.24, 2.45) is 0 Å². The number of carbonyl (C=O) groups is 2. The minimum absolute atomic E-state index is 0.157. The summed E-state index contributed by atoms with van der Waals surface area (Å²) in [5.41, 5.74) is 0.684. The predicted octanol–water partition coefficient (Wildman–Crippen LogP) is 1.33. The number of carbonyl (C=O) groups excluding carboxylic acids is 2. The lowest BCUT2D eigenvalue weighted by molar-refractivity contribution is 0.0144. The number of hydrogen-bond acceptors (Lipinski definition) is 7. The molecule has 0 aliphatic carbocycles. The van der Waals surface area contributed by atoms with Crippen molar-refractivity contribution in [2.75, 3.05) is 39.3 Å². The topological polar surface area (TPSA) is 105 Å². The normalized spacial score (nSPS) is 15.1. The molecule has 2 amide bonds. The summed E-state index contributed by atoms with van der Waals surface area (Å²) in [4.78, 5) is 28.7. The van der Waals surface area contributed by atoms with Crippen molar-refractivity contribution in [3.05, 3.63) is 36.2 Å². The van der Waals surface area contributed by atoms with Gasteiger partial charge in [-0.05, 0) is 56.3 Å². The van der Waals surface area contributed by atoms with Gasteiger partial charge in [-0.25, -0.2) is 4.79 Å². The van der Waals surface area contributed by atoms with Crippen LogP contribution in [-0.2, 0) is 4.74 Å². The molecule has 1 N–H and O–H groups in total. The van der Waals surface area contributed by atoms with Gasteiger partial charge in [0.25, 0.3) is 5.91 Å². The van der Waals surface area contributed by atoms with E-state index in [0.717, 1.165) is 26.1 Å². The van der Waals surface area contributed by atoms with Crippen molar-refractivity contribution in [2.45, 2.75) is 32.8 Å². The molecule has 10 nitrogen and oxygen atoms in total. The number of benzene rings is 1. The Bertz CT molecular complexity index is 840. The van der Waals surface area contributed by atoms with Crippen LogP contribution in [0, 0.1) is 0 Å². The average molecular weight is 415 g/mol. The Hall–Kier alpha value is -3.01. The van der Waals surface area contributed by atoms with E-state index in [-0.39, 0.29) is 12.0 Å². The highest BCUT2D eigenvalue weighted by Crippen LogP contribution is 2.13. The summed E-state index contributed by atoms with van der Waals surface area (Å²) in [5.74, 6) is -0.157. The summed E-state index contributed by atoms with van der Waals surface area (Å²) in [5, 5.41) is 14.1. The third-order valence-electron chi connectivity index (χ3n) is 4.71. The molecule has 10 heteroatoms. The summed E-state index contributed by atoms with van der Waals surface area (Å²) < 4.78 is 6.89. The number of hydrogen-bond donors (Lipinski definition) is 1. The highest BCUT2D eigenvalue weighted by molar-refractivity contribution is 5.97. The number of nitrogens with zero attached hydrogens (tertiary/aromatic N) is 6. The first-order valence-corrected chi connectivity index (χ1v) is 10.1. The number of nitrogens with one attached hydrogen (secondary N) is 1. The Balaban J connectivity index is 1.39. The first kappa shape index (κ1) is 21.7. The lowest BCUT2D eigenvalue weighted by Gasteiger charge is -2.35. The van der Waals surface area contributed by atoms with Crippen LogP contribution in [-0.4, -0.2) is 86.9 Å². The van der Waals surface area contributed by atoms with Crippen molar-refractivity contribution in [1.82, 2.24) is 35.3 Å².